The molecule has 0 aliphatic rings. The molecule has 25 heavy (non-hydrogen) atoms. The zero-order chi connectivity index (χ0) is 18.4. The number of quaternary nitrogens is 1. The molecule has 132 valence electrons. The van der Waals surface area contributed by atoms with E-state index >= 15 is 0 Å². The van der Waals surface area contributed by atoms with E-state index in [-0.39, 0.29) is 23.8 Å². The van der Waals surface area contributed by atoms with Gasteiger partial charge in [-0.05, 0) is 24.6 Å². The molecule has 1 unspecified atom stereocenters. The highest BCUT2D eigenvalue weighted by Gasteiger charge is 2.19. The number of anilines is 1. The summed E-state index contributed by atoms with van der Waals surface area (Å²) in [5.41, 5.74) is 2.32. The van der Waals surface area contributed by atoms with Gasteiger partial charge < -0.3 is 15.0 Å². The number of rotatable bonds is 7. The van der Waals surface area contributed by atoms with Crippen LogP contribution in [-0.4, -0.2) is 31.5 Å². The quantitative estimate of drug-likeness (QED) is 0.590. The number of nitro benzene ring substituents is 1. The Morgan fingerprint density at radius 2 is 2.00 bits per heavy atom. The molecule has 0 aliphatic carbocycles. The maximum atomic E-state index is 12.2. The van der Waals surface area contributed by atoms with Gasteiger partial charge in [-0.15, -0.1) is 0 Å². The summed E-state index contributed by atoms with van der Waals surface area (Å²) in [6.45, 7) is 2.94. The van der Waals surface area contributed by atoms with Gasteiger partial charge in [0.05, 0.1) is 25.1 Å². The monoisotopic (exact) mass is 344 g/mol. The molecule has 7 heteroatoms. The van der Waals surface area contributed by atoms with Crippen LogP contribution >= 0.6 is 0 Å². The van der Waals surface area contributed by atoms with E-state index in [0.717, 1.165) is 4.90 Å². The molecule has 0 radical (unpaired) electrons. The van der Waals surface area contributed by atoms with Crippen molar-refractivity contribution in [2.24, 2.45) is 0 Å². The van der Waals surface area contributed by atoms with E-state index in [4.69, 9.17) is 4.74 Å². The Bertz CT molecular complexity index is 777. The number of ether oxygens (including phenoxy) is 1. The van der Waals surface area contributed by atoms with E-state index in [1.54, 1.807) is 6.07 Å². The second kappa shape index (κ2) is 8.25. The predicted molar refractivity (Wildman–Crippen MR) is 94.9 cm³/mol. The Morgan fingerprint density at radius 3 is 2.64 bits per heavy atom. The van der Waals surface area contributed by atoms with Crippen LogP contribution in [0.5, 0.6) is 5.75 Å². The number of likely N-dealkylation sites (N-methyl/N-ethyl adjacent to an activating group) is 1. The van der Waals surface area contributed by atoms with Crippen molar-refractivity contribution in [1.29, 1.82) is 0 Å². The van der Waals surface area contributed by atoms with Gasteiger partial charge in [-0.1, -0.05) is 24.3 Å². The van der Waals surface area contributed by atoms with Crippen LogP contribution in [0.15, 0.2) is 42.5 Å². The highest BCUT2D eigenvalue weighted by molar-refractivity contribution is 5.93. The van der Waals surface area contributed by atoms with Crippen molar-refractivity contribution in [1.82, 2.24) is 0 Å². The molecule has 0 saturated carbocycles. The molecular formula is C18H22N3O4+. The zero-order valence-electron chi connectivity index (χ0n) is 14.5. The first-order valence-corrected chi connectivity index (χ1v) is 7.88. The van der Waals surface area contributed by atoms with Crippen LogP contribution in [0.4, 0.5) is 11.4 Å². The molecule has 1 amide bonds. The van der Waals surface area contributed by atoms with Gasteiger partial charge >= 0.3 is 0 Å². The van der Waals surface area contributed by atoms with Crippen molar-refractivity contribution in [3.8, 4) is 5.75 Å². The molecular weight excluding hydrogens is 322 g/mol. The maximum absolute atomic E-state index is 12.2. The largest absolute Gasteiger partial charge is 0.496 e. The number of hydrogen-bond acceptors (Lipinski definition) is 4. The molecule has 2 aromatic carbocycles. The van der Waals surface area contributed by atoms with Crippen molar-refractivity contribution < 1.29 is 19.4 Å². The first-order valence-electron chi connectivity index (χ1n) is 7.88. The summed E-state index contributed by atoms with van der Waals surface area (Å²) in [5.74, 6) is 0.0892. The average Bonchev–Trinajstić information content (AvgIpc) is 2.57. The van der Waals surface area contributed by atoms with Crippen LogP contribution in [0.2, 0.25) is 0 Å². The highest BCUT2D eigenvalue weighted by Crippen LogP contribution is 2.28. The van der Waals surface area contributed by atoms with Crippen LogP contribution in [0.3, 0.4) is 0 Å². The van der Waals surface area contributed by atoms with E-state index in [1.165, 1.54) is 30.4 Å². The smallest absolute Gasteiger partial charge is 0.296 e. The number of methoxy groups -OCH3 is 1. The summed E-state index contributed by atoms with van der Waals surface area (Å²) in [4.78, 5) is 23.9. The number of amides is 1. The lowest BCUT2D eigenvalue weighted by Gasteiger charge is -2.15. The SMILES string of the molecule is COc1ccc(NC(=O)C[NH+](C)Cc2ccccc2C)c([N+](=O)[O-])c1. The first kappa shape index (κ1) is 18.4. The van der Waals surface area contributed by atoms with Gasteiger partial charge in [0.25, 0.3) is 11.6 Å². The average molecular weight is 344 g/mol. The molecule has 7 nitrogen and oxygen atoms in total. The predicted octanol–water partition coefficient (Wildman–Crippen LogP) is 1.57. The van der Waals surface area contributed by atoms with Crippen molar-refractivity contribution in [2.45, 2.75) is 13.5 Å². The highest BCUT2D eigenvalue weighted by atomic mass is 16.6. The molecule has 1 atom stereocenters. The minimum atomic E-state index is -0.540. The summed E-state index contributed by atoms with van der Waals surface area (Å²) in [7, 11) is 3.34. The van der Waals surface area contributed by atoms with E-state index in [2.05, 4.69) is 5.32 Å². The molecule has 0 bridgehead atoms. The Morgan fingerprint density at radius 1 is 1.28 bits per heavy atom. The Hall–Kier alpha value is -2.93. The summed E-state index contributed by atoms with van der Waals surface area (Å²) in [6.07, 6.45) is 0. The van der Waals surface area contributed by atoms with Crippen LogP contribution in [0.25, 0.3) is 0 Å². The maximum Gasteiger partial charge on any atom is 0.296 e. The number of nitrogens with zero attached hydrogens (tertiary/aromatic N) is 1. The molecule has 0 heterocycles. The van der Waals surface area contributed by atoms with Gasteiger partial charge in [-0.3, -0.25) is 14.9 Å². The van der Waals surface area contributed by atoms with Crippen molar-refractivity contribution in [3.05, 3.63) is 63.7 Å². The second-order valence-corrected chi connectivity index (χ2v) is 5.93. The van der Waals surface area contributed by atoms with Crippen molar-refractivity contribution in [2.75, 3.05) is 26.0 Å². The van der Waals surface area contributed by atoms with Crippen LogP contribution < -0.4 is 15.0 Å². The van der Waals surface area contributed by atoms with Crippen LogP contribution in [0, 0.1) is 17.0 Å². The molecule has 2 aromatic rings. The van der Waals surface area contributed by atoms with Crippen molar-refractivity contribution >= 4 is 17.3 Å². The number of hydrogen-bond donors (Lipinski definition) is 2. The number of benzene rings is 2. The fraction of sp³-hybridized carbons (Fsp3) is 0.278. The lowest BCUT2D eigenvalue weighted by Crippen LogP contribution is -3.08. The lowest BCUT2D eigenvalue weighted by molar-refractivity contribution is -0.885. The second-order valence-electron chi connectivity index (χ2n) is 5.93. The van der Waals surface area contributed by atoms with Gasteiger partial charge in [0, 0.05) is 5.56 Å². The minimum Gasteiger partial charge on any atom is -0.496 e. The van der Waals surface area contributed by atoms with E-state index < -0.39 is 4.92 Å². The van der Waals surface area contributed by atoms with Crippen molar-refractivity contribution in [3.63, 3.8) is 0 Å². The van der Waals surface area contributed by atoms with E-state index in [0.29, 0.717) is 12.3 Å². The third kappa shape index (κ3) is 5.02. The van der Waals surface area contributed by atoms with Crippen LogP contribution in [0.1, 0.15) is 11.1 Å². The van der Waals surface area contributed by atoms with E-state index in [9.17, 15) is 14.9 Å². The fourth-order valence-electron chi connectivity index (χ4n) is 2.56. The minimum absolute atomic E-state index is 0.166. The normalized spacial score (nSPS) is 11.6. The Balaban J connectivity index is 2.02. The summed E-state index contributed by atoms with van der Waals surface area (Å²) >= 11 is 0. The summed E-state index contributed by atoms with van der Waals surface area (Å²) in [5, 5.41) is 13.8. The topological polar surface area (TPSA) is 85.9 Å². The molecule has 0 aliphatic heterocycles. The van der Waals surface area contributed by atoms with Crippen LogP contribution in [-0.2, 0) is 11.3 Å². The number of aryl methyl sites for hydroxylation is 1. The molecule has 0 fully saturated rings. The Kier molecular flexibility index (Phi) is 6.08. The third-order valence-corrected chi connectivity index (χ3v) is 3.89. The first-order chi connectivity index (χ1) is 11.9. The van der Waals surface area contributed by atoms with Gasteiger partial charge in [0.2, 0.25) is 0 Å². The van der Waals surface area contributed by atoms with Gasteiger partial charge in [-0.25, -0.2) is 0 Å². The summed E-state index contributed by atoms with van der Waals surface area (Å²) < 4.78 is 4.99. The van der Waals surface area contributed by atoms with Gasteiger partial charge in [0.1, 0.15) is 18.0 Å². The molecule has 0 aromatic heterocycles. The number of carbonyl (C=O) groups is 1. The summed E-state index contributed by atoms with van der Waals surface area (Å²) in [6, 6.07) is 12.4. The molecule has 2 N–H and O–H groups in total. The lowest BCUT2D eigenvalue weighted by atomic mass is 10.1. The molecule has 2 rings (SSSR count). The molecule has 0 saturated heterocycles. The third-order valence-electron chi connectivity index (χ3n) is 3.89. The number of nitro groups is 1. The van der Waals surface area contributed by atoms with Gasteiger partial charge in [0.15, 0.2) is 6.54 Å². The fourth-order valence-corrected chi connectivity index (χ4v) is 2.56. The van der Waals surface area contributed by atoms with Gasteiger partial charge in [-0.2, -0.15) is 0 Å². The van der Waals surface area contributed by atoms with E-state index in [1.807, 2.05) is 38.2 Å². The standard InChI is InChI=1S/C18H21N3O4/c1-13-6-4-5-7-14(13)11-20(2)12-18(22)19-16-9-8-15(25-3)10-17(16)21(23)24/h4-10H,11-12H2,1-3H3,(H,19,22)/p+1. The zero-order valence-corrected chi connectivity index (χ0v) is 14.5. The molecule has 0 spiro atoms. The Labute approximate surface area is 146 Å². The number of nitrogens with one attached hydrogen (secondary N) is 2. The number of carbonyl (C=O) groups excluding carboxylic acids is 1.